The van der Waals surface area contributed by atoms with E-state index in [1.165, 1.54) is 53.9 Å². The molecule has 3 nitrogen and oxygen atoms in total. The van der Waals surface area contributed by atoms with Crippen LogP contribution in [0.5, 0.6) is 5.75 Å². The molecule has 1 saturated heterocycles. The lowest BCUT2D eigenvalue weighted by atomic mass is 9.95. The topological polar surface area (TPSA) is 35.5 Å². The zero-order chi connectivity index (χ0) is 24.2. The van der Waals surface area contributed by atoms with Gasteiger partial charge in [-0.2, -0.15) is 13.2 Å². The van der Waals surface area contributed by atoms with E-state index < -0.39 is 23.3 Å². The van der Waals surface area contributed by atoms with E-state index in [1.54, 1.807) is 6.92 Å². The first-order valence-corrected chi connectivity index (χ1v) is 12.5. The molecule has 0 aliphatic carbocycles. The number of alkyl halides is 3. The Morgan fingerprint density at radius 1 is 1.03 bits per heavy atom. The van der Waals surface area contributed by atoms with Crippen molar-refractivity contribution in [2.45, 2.75) is 56.7 Å². The summed E-state index contributed by atoms with van der Waals surface area (Å²) in [5.41, 5.74) is 0.301. The van der Waals surface area contributed by atoms with Gasteiger partial charge >= 0.3 is 12.1 Å². The molecule has 178 valence electrons. The second kappa shape index (κ2) is 10.2. The molecule has 0 radical (unpaired) electrons. The molecule has 3 rings (SSSR count). The fourth-order valence-electron chi connectivity index (χ4n) is 3.98. The third-order valence-electron chi connectivity index (χ3n) is 5.88. The molecule has 1 atom stereocenters. The van der Waals surface area contributed by atoms with Gasteiger partial charge in [-0.05, 0) is 87.1 Å². The number of esters is 1. The predicted molar refractivity (Wildman–Crippen MR) is 126 cm³/mol. The van der Waals surface area contributed by atoms with Gasteiger partial charge in [-0.3, -0.25) is 0 Å². The lowest BCUT2D eigenvalue weighted by molar-refractivity contribution is -0.157. The van der Waals surface area contributed by atoms with Crippen LogP contribution in [0.15, 0.2) is 53.9 Å². The molecule has 7 heteroatoms. The summed E-state index contributed by atoms with van der Waals surface area (Å²) in [5.74, 6) is 2.49. The third kappa shape index (κ3) is 6.14. The fraction of sp³-hybridized carbons (Fsp3) is 0.423. The predicted octanol–water partition coefficient (Wildman–Crippen LogP) is 6.51. The van der Waals surface area contributed by atoms with Crippen LogP contribution in [0.1, 0.15) is 48.4 Å². The highest BCUT2D eigenvalue weighted by Crippen LogP contribution is 2.33. The number of halogens is 3. The third-order valence-corrected chi connectivity index (χ3v) is 8.35. The normalized spacial score (nSPS) is 16.7. The van der Waals surface area contributed by atoms with Crippen molar-refractivity contribution in [2.24, 2.45) is 0 Å². The average molecular weight is 480 g/mol. The summed E-state index contributed by atoms with van der Waals surface area (Å²) in [7, 11) is 0.278. The molecule has 1 aliphatic heterocycles. The summed E-state index contributed by atoms with van der Waals surface area (Å²) >= 11 is 0. The SMILES string of the molecule is C=CC(C)(OC(=O)COc1c(C)cc([S+]2CCCCC2)cc1C)c1ccc(C(F)(F)F)cc1. The van der Waals surface area contributed by atoms with E-state index in [0.717, 1.165) is 23.3 Å². The first-order valence-electron chi connectivity index (χ1n) is 11.0. The van der Waals surface area contributed by atoms with E-state index in [-0.39, 0.29) is 17.5 Å². The number of hydrogen-bond donors (Lipinski definition) is 0. The van der Waals surface area contributed by atoms with Crippen molar-refractivity contribution in [3.8, 4) is 5.75 Å². The Balaban J connectivity index is 1.66. The Morgan fingerprint density at radius 3 is 2.09 bits per heavy atom. The van der Waals surface area contributed by atoms with Gasteiger partial charge in [0.15, 0.2) is 17.1 Å². The zero-order valence-corrected chi connectivity index (χ0v) is 20.1. The smallest absolute Gasteiger partial charge is 0.416 e. The second-order valence-electron chi connectivity index (χ2n) is 8.50. The van der Waals surface area contributed by atoms with Gasteiger partial charge in [0.1, 0.15) is 17.3 Å². The number of ether oxygens (including phenoxy) is 2. The maximum absolute atomic E-state index is 12.8. The first-order chi connectivity index (χ1) is 15.5. The summed E-state index contributed by atoms with van der Waals surface area (Å²) in [6.45, 7) is 8.91. The number of carbonyl (C=O) groups is 1. The van der Waals surface area contributed by atoms with Crippen molar-refractivity contribution in [1.29, 1.82) is 0 Å². The maximum Gasteiger partial charge on any atom is 0.416 e. The fourth-order valence-corrected chi connectivity index (χ4v) is 6.45. The van der Waals surface area contributed by atoms with E-state index in [4.69, 9.17) is 9.47 Å². The standard InChI is InChI=1S/C26H30F3O3S/c1-5-25(4,20-9-11-21(12-10-20)26(27,28)29)32-23(30)17-31-24-18(2)15-22(16-19(24)3)33-13-7-6-8-14-33/h5,9-12,15-16H,1,6-8,13-14,17H2,2-4H3/q+1. The summed E-state index contributed by atoms with van der Waals surface area (Å²) in [4.78, 5) is 13.9. The molecular formula is C26H30F3O3S+. The largest absolute Gasteiger partial charge is 0.481 e. The van der Waals surface area contributed by atoms with Gasteiger partial charge in [-0.25, -0.2) is 4.79 Å². The van der Waals surface area contributed by atoms with Gasteiger partial charge in [0.2, 0.25) is 0 Å². The van der Waals surface area contributed by atoms with Crippen LogP contribution in [0.4, 0.5) is 13.2 Å². The molecule has 1 heterocycles. The molecule has 1 unspecified atom stereocenters. The molecule has 0 N–H and O–H groups in total. The molecule has 0 saturated carbocycles. The number of aryl methyl sites for hydroxylation is 2. The van der Waals surface area contributed by atoms with E-state index in [1.807, 2.05) is 13.8 Å². The van der Waals surface area contributed by atoms with Crippen LogP contribution in [-0.2, 0) is 32.2 Å². The van der Waals surface area contributed by atoms with Crippen molar-refractivity contribution >= 4 is 16.9 Å². The van der Waals surface area contributed by atoms with E-state index in [2.05, 4.69) is 18.7 Å². The van der Waals surface area contributed by atoms with Crippen LogP contribution in [0.3, 0.4) is 0 Å². The van der Waals surface area contributed by atoms with Gasteiger partial charge in [0, 0.05) is 10.9 Å². The van der Waals surface area contributed by atoms with Gasteiger partial charge < -0.3 is 9.47 Å². The van der Waals surface area contributed by atoms with Crippen LogP contribution in [0.2, 0.25) is 0 Å². The minimum atomic E-state index is -4.43. The van der Waals surface area contributed by atoms with Crippen molar-refractivity contribution in [3.63, 3.8) is 0 Å². The van der Waals surface area contributed by atoms with Gasteiger partial charge in [0.05, 0.1) is 5.56 Å². The zero-order valence-electron chi connectivity index (χ0n) is 19.3. The molecular weight excluding hydrogens is 449 g/mol. The maximum atomic E-state index is 12.8. The Labute approximate surface area is 196 Å². The van der Waals surface area contributed by atoms with Crippen molar-refractivity contribution in [1.82, 2.24) is 0 Å². The van der Waals surface area contributed by atoms with Crippen LogP contribution >= 0.6 is 0 Å². The quantitative estimate of drug-likeness (QED) is 0.258. The summed E-state index contributed by atoms with van der Waals surface area (Å²) < 4.78 is 49.9. The van der Waals surface area contributed by atoms with Gasteiger partial charge in [-0.15, -0.1) is 0 Å². The van der Waals surface area contributed by atoms with Crippen molar-refractivity contribution in [3.05, 3.63) is 71.3 Å². The highest BCUT2D eigenvalue weighted by Gasteiger charge is 2.33. The molecule has 1 fully saturated rings. The number of benzene rings is 2. The molecule has 1 aliphatic rings. The number of hydrogen-bond acceptors (Lipinski definition) is 3. The lowest BCUT2D eigenvalue weighted by Crippen LogP contribution is -2.30. The summed E-state index contributed by atoms with van der Waals surface area (Å²) in [6.07, 6.45) is 0.805. The minimum Gasteiger partial charge on any atom is -0.481 e. The molecule has 0 aromatic heterocycles. The van der Waals surface area contributed by atoms with E-state index in [9.17, 15) is 18.0 Å². The Bertz CT molecular complexity index is 972. The molecule has 33 heavy (non-hydrogen) atoms. The highest BCUT2D eigenvalue weighted by atomic mass is 32.2. The number of carbonyl (C=O) groups excluding carboxylic acids is 1. The second-order valence-corrected chi connectivity index (χ2v) is 10.8. The van der Waals surface area contributed by atoms with Crippen LogP contribution in [0.25, 0.3) is 0 Å². The molecule has 2 aromatic rings. The highest BCUT2D eigenvalue weighted by molar-refractivity contribution is 7.96. The minimum absolute atomic E-state index is 0.278. The molecule has 0 spiro atoms. The van der Waals surface area contributed by atoms with Crippen LogP contribution in [-0.4, -0.2) is 24.1 Å². The van der Waals surface area contributed by atoms with Crippen molar-refractivity contribution < 1.29 is 27.4 Å². The van der Waals surface area contributed by atoms with Crippen molar-refractivity contribution in [2.75, 3.05) is 18.1 Å². The Kier molecular flexibility index (Phi) is 7.83. The molecule has 0 amide bonds. The van der Waals surface area contributed by atoms with Gasteiger partial charge in [0.25, 0.3) is 0 Å². The van der Waals surface area contributed by atoms with Crippen LogP contribution in [0, 0.1) is 13.8 Å². The average Bonchev–Trinajstić information content (AvgIpc) is 2.78. The summed E-state index contributed by atoms with van der Waals surface area (Å²) in [6, 6.07) is 8.80. The van der Waals surface area contributed by atoms with E-state index in [0.29, 0.717) is 11.3 Å². The first kappa shape index (κ1) is 25.2. The number of rotatable bonds is 7. The van der Waals surface area contributed by atoms with E-state index >= 15 is 0 Å². The molecule has 2 aromatic carbocycles. The monoisotopic (exact) mass is 479 g/mol. The Hall–Kier alpha value is -2.41. The lowest BCUT2D eigenvalue weighted by Gasteiger charge is -2.27. The Morgan fingerprint density at radius 2 is 1.58 bits per heavy atom. The van der Waals surface area contributed by atoms with Crippen LogP contribution < -0.4 is 4.74 Å². The molecule has 0 bridgehead atoms. The summed E-state index contributed by atoms with van der Waals surface area (Å²) in [5, 5.41) is 0. The van der Waals surface area contributed by atoms with Gasteiger partial charge in [-0.1, -0.05) is 18.7 Å².